The Morgan fingerprint density at radius 2 is 1.62 bits per heavy atom. The number of para-hydroxylation sites is 2. The predicted molar refractivity (Wildman–Crippen MR) is 127 cm³/mol. The maximum absolute atomic E-state index is 5.99. The summed E-state index contributed by atoms with van der Waals surface area (Å²) >= 11 is 0. The number of ether oxygens (including phenoxy) is 1. The second-order valence-electron chi connectivity index (χ2n) is 8.12. The van der Waals surface area contributed by atoms with Crippen molar-refractivity contribution in [3.8, 4) is 11.5 Å². The molecule has 1 saturated heterocycles. The largest absolute Gasteiger partial charge is 0.436 e. The number of benzene rings is 3. The average Bonchev–Trinajstić information content (AvgIpc) is 3.45. The summed E-state index contributed by atoms with van der Waals surface area (Å²) in [7, 11) is 0. The van der Waals surface area contributed by atoms with Crippen LogP contribution in [0.3, 0.4) is 0 Å². The number of hydrogen-bond acceptors (Lipinski definition) is 4. The van der Waals surface area contributed by atoms with Gasteiger partial charge in [-0.2, -0.15) is 0 Å². The van der Waals surface area contributed by atoms with E-state index >= 15 is 0 Å². The van der Waals surface area contributed by atoms with Crippen LogP contribution in [-0.2, 0) is 4.74 Å². The standard InChI is InChI=1S/C27H23N3O2/c1-2-6-19(7-3-1)10-13-26-28-23-18-20(27-29-22-8-4-5-9-25(22)32-27)11-12-24(23)30(26)21-14-16-31-17-15-21/h1-13,18,21H,14-17H2/b13-10+. The van der Waals surface area contributed by atoms with Crippen molar-refractivity contribution in [1.82, 2.24) is 14.5 Å². The molecule has 1 fully saturated rings. The molecule has 3 aromatic carbocycles. The molecule has 0 radical (unpaired) electrons. The highest BCUT2D eigenvalue weighted by Crippen LogP contribution is 2.32. The first kappa shape index (κ1) is 19.0. The van der Waals surface area contributed by atoms with Gasteiger partial charge in [-0.3, -0.25) is 0 Å². The molecule has 3 heterocycles. The van der Waals surface area contributed by atoms with E-state index in [1.165, 1.54) is 0 Å². The van der Waals surface area contributed by atoms with Crippen LogP contribution >= 0.6 is 0 Å². The summed E-state index contributed by atoms with van der Waals surface area (Å²) in [5, 5.41) is 0. The molecule has 1 aliphatic rings. The second kappa shape index (κ2) is 8.09. The topological polar surface area (TPSA) is 53.1 Å². The maximum atomic E-state index is 5.99. The van der Waals surface area contributed by atoms with E-state index in [2.05, 4.69) is 52.0 Å². The van der Waals surface area contributed by atoms with Gasteiger partial charge in [-0.25, -0.2) is 9.97 Å². The lowest BCUT2D eigenvalue weighted by atomic mass is 10.1. The van der Waals surface area contributed by atoms with Crippen molar-refractivity contribution in [1.29, 1.82) is 0 Å². The van der Waals surface area contributed by atoms with Crippen LogP contribution < -0.4 is 0 Å². The third kappa shape index (κ3) is 3.51. The number of hydrogen-bond donors (Lipinski definition) is 0. The highest BCUT2D eigenvalue weighted by molar-refractivity contribution is 5.85. The van der Waals surface area contributed by atoms with E-state index in [4.69, 9.17) is 14.1 Å². The van der Waals surface area contributed by atoms with Crippen molar-refractivity contribution in [2.75, 3.05) is 13.2 Å². The summed E-state index contributed by atoms with van der Waals surface area (Å²) in [4.78, 5) is 9.66. The molecule has 0 atom stereocenters. The van der Waals surface area contributed by atoms with Gasteiger partial charge >= 0.3 is 0 Å². The fraction of sp³-hybridized carbons (Fsp3) is 0.185. The lowest BCUT2D eigenvalue weighted by Crippen LogP contribution is -2.20. The van der Waals surface area contributed by atoms with Gasteiger partial charge in [-0.1, -0.05) is 48.5 Å². The Hall–Kier alpha value is -3.70. The van der Waals surface area contributed by atoms with Crippen molar-refractivity contribution < 1.29 is 9.15 Å². The molecule has 2 aromatic heterocycles. The third-order valence-electron chi connectivity index (χ3n) is 6.04. The normalized spacial score (nSPS) is 15.2. The first-order valence-corrected chi connectivity index (χ1v) is 11.0. The maximum Gasteiger partial charge on any atom is 0.227 e. The van der Waals surface area contributed by atoms with E-state index in [1.807, 2.05) is 42.5 Å². The number of imidazole rings is 1. The minimum absolute atomic E-state index is 0.374. The van der Waals surface area contributed by atoms with Gasteiger partial charge < -0.3 is 13.7 Å². The quantitative estimate of drug-likeness (QED) is 0.338. The van der Waals surface area contributed by atoms with Crippen LogP contribution in [0.25, 0.3) is 45.7 Å². The van der Waals surface area contributed by atoms with Gasteiger partial charge in [0.25, 0.3) is 0 Å². The molecular weight excluding hydrogens is 398 g/mol. The van der Waals surface area contributed by atoms with E-state index in [0.29, 0.717) is 11.9 Å². The van der Waals surface area contributed by atoms with Crippen molar-refractivity contribution in [3.63, 3.8) is 0 Å². The van der Waals surface area contributed by atoms with Gasteiger partial charge in [0, 0.05) is 24.8 Å². The molecule has 0 amide bonds. The minimum Gasteiger partial charge on any atom is -0.436 e. The Morgan fingerprint density at radius 3 is 2.47 bits per heavy atom. The lowest BCUT2D eigenvalue weighted by Gasteiger charge is -2.25. The van der Waals surface area contributed by atoms with Crippen LogP contribution in [-0.4, -0.2) is 27.7 Å². The molecule has 158 valence electrons. The van der Waals surface area contributed by atoms with Crippen LogP contribution in [0.1, 0.15) is 30.3 Å². The number of aromatic nitrogens is 3. The predicted octanol–water partition coefficient (Wildman–Crippen LogP) is 6.37. The number of nitrogens with zero attached hydrogens (tertiary/aromatic N) is 3. The number of fused-ring (bicyclic) bond motifs is 2. The van der Waals surface area contributed by atoms with Crippen LogP contribution in [0.4, 0.5) is 0 Å². The molecule has 5 aromatic rings. The fourth-order valence-electron chi connectivity index (χ4n) is 4.43. The first-order valence-electron chi connectivity index (χ1n) is 11.0. The number of rotatable bonds is 4. The molecule has 6 rings (SSSR count). The van der Waals surface area contributed by atoms with Crippen molar-refractivity contribution in [2.45, 2.75) is 18.9 Å². The SMILES string of the molecule is C(=C\c1nc2cc(-c3nc4ccccc4o3)ccc2n1C1CCOCC1)/c1ccccc1. The summed E-state index contributed by atoms with van der Waals surface area (Å²) < 4.78 is 14.0. The molecule has 0 bridgehead atoms. The summed E-state index contributed by atoms with van der Waals surface area (Å²) in [6.07, 6.45) is 6.22. The first-order chi connectivity index (χ1) is 15.8. The van der Waals surface area contributed by atoms with Crippen molar-refractivity contribution in [3.05, 3.63) is 84.2 Å². The van der Waals surface area contributed by atoms with Gasteiger partial charge in [-0.05, 0) is 54.8 Å². The Balaban J connectivity index is 1.45. The lowest BCUT2D eigenvalue weighted by molar-refractivity contribution is 0.0704. The molecular formula is C27H23N3O2. The molecule has 5 heteroatoms. The Bertz CT molecular complexity index is 1380. The fourth-order valence-corrected chi connectivity index (χ4v) is 4.43. The summed E-state index contributed by atoms with van der Waals surface area (Å²) in [5.41, 5.74) is 5.83. The number of oxazole rings is 1. The van der Waals surface area contributed by atoms with E-state index < -0.39 is 0 Å². The molecule has 1 aliphatic heterocycles. The molecule has 0 unspecified atom stereocenters. The Kier molecular flexibility index (Phi) is 4.81. The van der Waals surface area contributed by atoms with Gasteiger partial charge in [0.1, 0.15) is 11.3 Å². The zero-order valence-corrected chi connectivity index (χ0v) is 17.6. The summed E-state index contributed by atoms with van der Waals surface area (Å²) in [5.74, 6) is 1.58. The highest BCUT2D eigenvalue weighted by Gasteiger charge is 2.21. The van der Waals surface area contributed by atoms with Crippen LogP contribution in [0.15, 0.2) is 77.2 Å². The monoisotopic (exact) mass is 421 g/mol. The van der Waals surface area contributed by atoms with Gasteiger partial charge in [0.2, 0.25) is 5.89 Å². The zero-order valence-electron chi connectivity index (χ0n) is 17.6. The van der Waals surface area contributed by atoms with Gasteiger partial charge in [0.05, 0.1) is 11.0 Å². The third-order valence-corrected chi connectivity index (χ3v) is 6.04. The minimum atomic E-state index is 0.374. The van der Waals surface area contributed by atoms with E-state index in [-0.39, 0.29) is 0 Å². The van der Waals surface area contributed by atoms with Crippen LogP contribution in [0, 0.1) is 0 Å². The van der Waals surface area contributed by atoms with Gasteiger partial charge in [0.15, 0.2) is 5.58 Å². The highest BCUT2D eigenvalue weighted by atomic mass is 16.5. The Morgan fingerprint density at radius 1 is 0.812 bits per heavy atom. The molecule has 0 spiro atoms. The molecule has 0 aliphatic carbocycles. The van der Waals surface area contributed by atoms with Crippen LogP contribution in [0.5, 0.6) is 0 Å². The smallest absolute Gasteiger partial charge is 0.227 e. The zero-order chi connectivity index (χ0) is 21.3. The summed E-state index contributed by atoms with van der Waals surface area (Å²) in [6.45, 7) is 1.57. The van der Waals surface area contributed by atoms with E-state index in [1.54, 1.807) is 0 Å². The second-order valence-corrected chi connectivity index (χ2v) is 8.12. The molecule has 0 N–H and O–H groups in total. The van der Waals surface area contributed by atoms with Crippen LogP contribution in [0.2, 0.25) is 0 Å². The Labute approximate surface area is 186 Å². The molecule has 32 heavy (non-hydrogen) atoms. The molecule has 5 nitrogen and oxygen atoms in total. The van der Waals surface area contributed by atoms with E-state index in [9.17, 15) is 0 Å². The van der Waals surface area contributed by atoms with Crippen molar-refractivity contribution in [2.24, 2.45) is 0 Å². The van der Waals surface area contributed by atoms with E-state index in [0.717, 1.165) is 65.1 Å². The molecule has 0 saturated carbocycles. The summed E-state index contributed by atoms with van der Waals surface area (Å²) in [6, 6.07) is 24.8. The van der Waals surface area contributed by atoms with Gasteiger partial charge in [-0.15, -0.1) is 0 Å². The average molecular weight is 422 g/mol. The van der Waals surface area contributed by atoms with Crippen molar-refractivity contribution >= 4 is 34.3 Å².